The number of nitrogens with two attached hydrogens (primary N) is 1. The molecular formula is C10H16N2O2. The number of rotatable bonds is 5. The van der Waals surface area contributed by atoms with E-state index in [1.807, 2.05) is 13.8 Å². The van der Waals surface area contributed by atoms with Crippen molar-refractivity contribution in [2.45, 2.75) is 20.0 Å². The maximum absolute atomic E-state index is 5.67. The number of ether oxygens (including phenoxy) is 2. The summed E-state index contributed by atoms with van der Waals surface area (Å²) in [6.45, 7) is 5.15. The number of nitrogen functional groups attached to an aromatic ring is 1. The van der Waals surface area contributed by atoms with Crippen LogP contribution in [0.25, 0.3) is 0 Å². The van der Waals surface area contributed by atoms with Gasteiger partial charge in [0.05, 0.1) is 18.5 Å². The van der Waals surface area contributed by atoms with Crippen molar-refractivity contribution in [1.82, 2.24) is 4.98 Å². The number of aromatic nitrogens is 1. The monoisotopic (exact) mass is 196 g/mol. The molecule has 1 rings (SSSR count). The highest BCUT2D eigenvalue weighted by Gasteiger charge is 2.05. The number of pyridine rings is 1. The summed E-state index contributed by atoms with van der Waals surface area (Å²) in [5.41, 5.74) is 6.22. The van der Waals surface area contributed by atoms with Gasteiger partial charge in [-0.15, -0.1) is 0 Å². The molecule has 78 valence electrons. The predicted molar refractivity (Wildman–Crippen MR) is 55.2 cm³/mol. The second kappa shape index (κ2) is 5.44. The van der Waals surface area contributed by atoms with Gasteiger partial charge in [-0.2, -0.15) is 0 Å². The molecule has 1 aromatic heterocycles. The minimum atomic E-state index is -0.000324. The van der Waals surface area contributed by atoms with Gasteiger partial charge in [0, 0.05) is 18.9 Å². The fraction of sp³-hybridized carbons (Fsp3) is 0.500. The van der Waals surface area contributed by atoms with Crippen molar-refractivity contribution in [1.29, 1.82) is 0 Å². The summed E-state index contributed by atoms with van der Waals surface area (Å²) in [6.07, 6.45) is 3.22. The van der Waals surface area contributed by atoms with Crippen LogP contribution in [0.4, 0.5) is 5.69 Å². The Labute approximate surface area is 84.0 Å². The van der Waals surface area contributed by atoms with E-state index < -0.39 is 0 Å². The summed E-state index contributed by atoms with van der Waals surface area (Å²) >= 11 is 0. The summed E-state index contributed by atoms with van der Waals surface area (Å²) in [7, 11) is 0. The van der Waals surface area contributed by atoms with E-state index in [2.05, 4.69) is 4.98 Å². The zero-order valence-corrected chi connectivity index (χ0v) is 8.56. The van der Waals surface area contributed by atoms with E-state index in [0.717, 1.165) is 0 Å². The molecule has 1 heterocycles. The summed E-state index contributed by atoms with van der Waals surface area (Å²) in [5.74, 6) is 0.659. The molecule has 4 heteroatoms. The molecule has 2 N–H and O–H groups in total. The van der Waals surface area contributed by atoms with Gasteiger partial charge in [-0.05, 0) is 13.8 Å². The lowest BCUT2D eigenvalue weighted by Gasteiger charge is -2.15. The topological polar surface area (TPSA) is 57.4 Å². The SMILES string of the molecule is CCOCC(C)Oc1ccncc1N. The molecule has 0 aliphatic rings. The van der Waals surface area contributed by atoms with E-state index in [1.54, 1.807) is 18.5 Å². The summed E-state index contributed by atoms with van der Waals surface area (Å²) < 4.78 is 10.8. The van der Waals surface area contributed by atoms with E-state index in [9.17, 15) is 0 Å². The van der Waals surface area contributed by atoms with Gasteiger partial charge in [-0.25, -0.2) is 0 Å². The summed E-state index contributed by atoms with van der Waals surface area (Å²) in [6, 6.07) is 1.75. The number of anilines is 1. The van der Waals surface area contributed by atoms with E-state index in [1.165, 1.54) is 0 Å². The van der Waals surface area contributed by atoms with E-state index in [0.29, 0.717) is 24.7 Å². The fourth-order valence-corrected chi connectivity index (χ4v) is 1.04. The van der Waals surface area contributed by atoms with Crippen LogP contribution in [0.5, 0.6) is 5.75 Å². The first kappa shape index (κ1) is 10.8. The van der Waals surface area contributed by atoms with Crippen molar-refractivity contribution in [3.63, 3.8) is 0 Å². The van der Waals surface area contributed by atoms with Gasteiger partial charge in [0.1, 0.15) is 11.9 Å². The average Bonchev–Trinajstić information content (AvgIpc) is 2.18. The van der Waals surface area contributed by atoms with Crippen LogP contribution in [0.1, 0.15) is 13.8 Å². The van der Waals surface area contributed by atoms with Gasteiger partial charge in [-0.1, -0.05) is 0 Å². The average molecular weight is 196 g/mol. The zero-order chi connectivity index (χ0) is 10.4. The lowest BCUT2D eigenvalue weighted by atomic mass is 10.3. The van der Waals surface area contributed by atoms with Crippen molar-refractivity contribution in [2.75, 3.05) is 18.9 Å². The van der Waals surface area contributed by atoms with Crippen LogP contribution in [0.15, 0.2) is 18.5 Å². The van der Waals surface area contributed by atoms with Crippen LogP contribution in [0.3, 0.4) is 0 Å². The minimum absolute atomic E-state index is 0.000324. The van der Waals surface area contributed by atoms with Crippen LogP contribution < -0.4 is 10.5 Å². The Morgan fingerprint density at radius 2 is 2.36 bits per heavy atom. The predicted octanol–water partition coefficient (Wildman–Crippen LogP) is 1.47. The number of hydrogen-bond donors (Lipinski definition) is 1. The lowest BCUT2D eigenvalue weighted by Crippen LogP contribution is -2.19. The Morgan fingerprint density at radius 1 is 1.57 bits per heavy atom. The maximum atomic E-state index is 5.67. The van der Waals surface area contributed by atoms with Gasteiger partial charge in [-0.3, -0.25) is 4.98 Å². The van der Waals surface area contributed by atoms with Gasteiger partial charge >= 0.3 is 0 Å². The maximum Gasteiger partial charge on any atom is 0.145 e. The lowest BCUT2D eigenvalue weighted by molar-refractivity contribution is 0.0660. The molecular weight excluding hydrogens is 180 g/mol. The second-order valence-electron chi connectivity index (χ2n) is 3.00. The van der Waals surface area contributed by atoms with E-state index in [4.69, 9.17) is 15.2 Å². The Hall–Kier alpha value is -1.29. The molecule has 0 spiro atoms. The van der Waals surface area contributed by atoms with Crippen molar-refractivity contribution in [3.8, 4) is 5.75 Å². The molecule has 1 atom stereocenters. The molecule has 0 saturated heterocycles. The Bertz CT molecular complexity index is 279. The molecule has 0 aromatic carbocycles. The smallest absolute Gasteiger partial charge is 0.145 e. The van der Waals surface area contributed by atoms with Crippen LogP contribution >= 0.6 is 0 Å². The summed E-state index contributed by atoms with van der Waals surface area (Å²) in [5, 5.41) is 0. The van der Waals surface area contributed by atoms with E-state index >= 15 is 0 Å². The molecule has 0 amide bonds. The van der Waals surface area contributed by atoms with Crippen molar-refractivity contribution < 1.29 is 9.47 Å². The highest BCUT2D eigenvalue weighted by molar-refractivity contribution is 5.49. The van der Waals surface area contributed by atoms with Gasteiger partial charge in [0.2, 0.25) is 0 Å². The molecule has 0 saturated carbocycles. The molecule has 0 radical (unpaired) electrons. The largest absolute Gasteiger partial charge is 0.486 e. The molecule has 4 nitrogen and oxygen atoms in total. The third-order valence-corrected chi connectivity index (χ3v) is 1.69. The first-order valence-corrected chi connectivity index (χ1v) is 4.68. The van der Waals surface area contributed by atoms with Gasteiger partial charge < -0.3 is 15.2 Å². The van der Waals surface area contributed by atoms with Crippen LogP contribution in [0, 0.1) is 0 Å². The van der Waals surface area contributed by atoms with Crippen LogP contribution in [-0.2, 0) is 4.74 Å². The second-order valence-corrected chi connectivity index (χ2v) is 3.00. The fourth-order valence-electron chi connectivity index (χ4n) is 1.04. The molecule has 0 aliphatic heterocycles. The normalized spacial score (nSPS) is 12.4. The van der Waals surface area contributed by atoms with Gasteiger partial charge in [0.15, 0.2) is 0 Å². The molecule has 1 unspecified atom stereocenters. The van der Waals surface area contributed by atoms with Crippen molar-refractivity contribution >= 4 is 5.69 Å². The molecule has 0 bridgehead atoms. The third kappa shape index (κ3) is 3.22. The Morgan fingerprint density at radius 3 is 3.00 bits per heavy atom. The Balaban J connectivity index is 2.47. The first-order valence-electron chi connectivity index (χ1n) is 4.68. The minimum Gasteiger partial charge on any atom is -0.486 e. The molecule has 14 heavy (non-hydrogen) atoms. The molecule has 0 aliphatic carbocycles. The molecule has 0 fully saturated rings. The third-order valence-electron chi connectivity index (χ3n) is 1.69. The Kier molecular flexibility index (Phi) is 4.19. The highest BCUT2D eigenvalue weighted by atomic mass is 16.5. The van der Waals surface area contributed by atoms with Crippen molar-refractivity contribution in [2.24, 2.45) is 0 Å². The standard InChI is InChI=1S/C10H16N2O2/c1-3-13-7-8(2)14-10-4-5-12-6-9(10)11/h4-6,8H,3,7,11H2,1-2H3. The van der Waals surface area contributed by atoms with Crippen LogP contribution in [-0.4, -0.2) is 24.3 Å². The van der Waals surface area contributed by atoms with Crippen molar-refractivity contribution in [3.05, 3.63) is 18.5 Å². The van der Waals surface area contributed by atoms with E-state index in [-0.39, 0.29) is 6.10 Å². The van der Waals surface area contributed by atoms with Gasteiger partial charge in [0.25, 0.3) is 0 Å². The quantitative estimate of drug-likeness (QED) is 0.774. The first-order chi connectivity index (χ1) is 6.74. The highest BCUT2D eigenvalue weighted by Crippen LogP contribution is 2.19. The zero-order valence-electron chi connectivity index (χ0n) is 8.56. The summed E-state index contributed by atoms with van der Waals surface area (Å²) in [4.78, 5) is 3.88. The van der Waals surface area contributed by atoms with Crippen LogP contribution in [0.2, 0.25) is 0 Å². The number of nitrogens with zero attached hydrogens (tertiary/aromatic N) is 1. The molecule has 1 aromatic rings. The number of hydrogen-bond acceptors (Lipinski definition) is 4.